The molecule has 0 fully saturated rings. The number of benzene rings is 2. The Balaban J connectivity index is 2.12. The molecule has 180 valence electrons. The SMILES string of the molecule is COc1c(/C=C/c2ccc(NS(C)(=O)=O)cc2)cc(-n2ccc(=O)[nH]c2=O)cc1C(C)(C)CO. The number of H-pyrrole nitrogens is 1. The van der Waals surface area contributed by atoms with Crippen LogP contribution in [0.2, 0.25) is 0 Å². The molecule has 0 bridgehead atoms. The summed E-state index contributed by atoms with van der Waals surface area (Å²) >= 11 is 0. The quantitative estimate of drug-likeness (QED) is 0.420. The molecule has 9 nitrogen and oxygen atoms in total. The fraction of sp³-hybridized carbons (Fsp3) is 0.250. The number of aliphatic hydroxyl groups is 1. The van der Waals surface area contributed by atoms with Crippen molar-refractivity contribution in [1.29, 1.82) is 0 Å². The molecule has 3 N–H and O–H groups in total. The molecule has 0 aliphatic carbocycles. The normalized spacial score (nSPS) is 12.1. The lowest BCUT2D eigenvalue weighted by atomic mass is 9.83. The molecule has 0 radical (unpaired) electrons. The number of aromatic nitrogens is 2. The van der Waals surface area contributed by atoms with Gasteiger partial charge in [0.1, 0.15) is 5.75 Å². The summed E-state index contributed by atoms with van der Waals surface area (Å²) in [6, 6.07) is 11.5. The van der Waals surface area contributed by atoms with E-state index in [9.17, 15) is 23.1 Å². The molecule has 3 aromatic rings. The van der Waals surface area contributed by atoms with Gasteiger partial charge in [0.25, 0.3) is 5.56 Å². The Labute approximate surface area is 197 Å². The van der Waals surface area contributed by atoms with Crippen LogP contribution in [-0.4, -0.2) is 43.0 Å². The van der Waals surface area contributed by atoms with Crippen LogP contribution in [0.15, 0.2) is 58.3 Å². The molecular weight excluding hydrogens is 458 g/mol. The standard InChI is InChI=1S/C24H27N3O6S/c1-24(2,15-28)20-14-19(27-12-11-21(29)25-23(27)30)13-17(22(20)33-3)8-5-16-6-9-18(10-7-16)26-34(4,31)32/h5-14,26,28H,15H2,1-4H3,(H,25,29,30)/b8-5+. The summed E-state index contributed by atoms with van der Waals surface area (Å²) in [6.07, 6.45) is 6.09. The first kappa shape index (κ1) is 25.0. The van der Waals surface area contributed by atoms with Crippen molar-refractivity contribution < 1.29 is 18.3 Å². The molecule has 34 heavy (non-hydrogen) atoms. The molecule has 0 atom stereocenters. The first-order valence-corrected chi connectivity index (χ1v) is 12.2. The third-order valence-corrected chi connectivity index (χ3v) is 5.81. The van der Waals surface area contributed by atoms with Crippen molar-refractivity contribution in [3.8, 4) is 11.4 Å². The van der Waals surface area contributed by atoms with Gasteiger partial charge in [-0.25, -0.2) is 13.2 Å². The first-order chi connectivity index (χ1) is 15.9. The number of anilines is 1. The maximum absolute atomic E-state index is 12.4. The van der Waals surface area contributed by atoms with Gasteiger partial charge in [0.2, 0.25) is 10.0 Å². The number of ether oxygens (including phenoxy) is 1. The number of aromatic amines is 1. The van der Waals surface area contributed by atoms with E-state index < -0.39 is 26.7 Å². The van der Waals surface area contributed by atoms with Crippen molar-refractivity contribution in [2.45, 2.75) is 19.3 Å². The van der Waals surface area contributed by atoms with E-state index in [4.69, 9.17) is 4.74 Å². The van der Waals surface area contributed by atoms with Crippen LogP contribution < -0.4 is 20.7 Å². The lowest BCUT2D eigenvalue weighted by Gasteiger charge is -2.27. The highest BCUT2D eigenvalue weighted by molar-refractivity contribution is 7.92. The number of aliphatic hydroxyl groups excluding tert-OH is 1. The van der Waals surface area contributed by atoms with Gasteiger partial charge in [-0.15, -0.1) is 0 Å². The van der Waals surface area contributed by atoms with E-state index >= 15 is 0 Å². The van der Waals surface area contributed by atoms with Crippen LogP contribution in [0.4, 0.5) is 5.69 Å². The molecule has 0 amide bonds. The van der Waals surface area contributed by atoms with E-state index in [1.165, 1.54) is 23.9 Å². The van der Waals surface area contributed by atoms with E-state index in [1.54, 1.807) is 42.5 Å². The van der Waals surface area contributed by atoms with Gasteiger partial charge in [-0.1, -0.05) is 38.1 Å². The van der Waals surface area contributed by atoms with Gasteiger partial charge < -0.3 is 9.84 Å². The zero-order valence-electron chi connectivity index (χ0n) is 19.3. The summed E-state index contributed by atoms with van der Waals surface area (Å²) in [5.74, 6) is 0.534. The summed E-state index contributed by atoms with van der Waals surface area (Å²) in [6.45, 7) is 3.54. The van der Waals surface area contributed by atoms with Crippen molar-refractivity contribution >= 4 is 27.9 Å². The van der Waals surface area contributed by atoms with Crippen LogP contribution in [0, 0.1) is 0 Å². The summed E-state index contributed by atoms with van der Waals surface area (Å²) in [7, 11) is -1.84. The van der Waals surface area contributed by atoms with E-state index in [0.717, 1.165) is 11.8 Å². The Morgan fingerprint density at radius 1 is 1.12 bits per heavy atom. The van der Waals surface area contributed by atoms with Crippen LogP contribution in [0.25, 0.3) is 17.8 Å². The van der Waals surface area contributed by atoms with Gasteiger partial charge in [0.15, 0.2) is 0 Å². The second kappa shape index (κ2) is 9.70. The number of methoxy groups -OCH3 is 1. The van der Waals surface area contributed by atoms with Crippen molar-refractivity contribution in [3.05, 3.63) is 86.2 Å². The number of hydrogen-bond acceptors (Lipinski definition) is 6. The van der Waals surface area contributed by atoms with Crippen LogP contribution in [0.3, 0.4) is 0 Å². The largest absolute Gasteiger partial charge is 0.496 e. The molecule has 1 aromatic heterocycles. The fourth-order valence-electron chi connectivity index (χ4n) is 3.40. The molecule has 10 heteroatoms. The zero-order valence-corrected chi connectivity index (χ0v) is 20.1. The molecule has 0 spiro atoms. The molecule has 3 rings (SSSR count). The Hall–Kier alpha value is -3.63. The van der Waals surface area contributed by atoms with Gasteiger partial charge in [-0.3, -0.25) is 19.1 Å². The Morgan fingerprint density at radius 3 is 2.35 bits per heavy atom. The van der Waals surface area contributed by atoms with E-state index in [2.05, 4.69) is 9.71 Å². The number of nitrogens with zero attached hydrogens (tertiary/aromatic N) is 1. The van der Waals surface area contributed by atoms with Crippen LogP contribution in [0.1, 0.15) is 30.5 Å². The maximum atomic E-state index is 12.4. The Kier molecular flexibility index (Phi) is 7.13. The molecule has 0 saturated carbocycles. The summed E-state index contributed by atoms with van der Waals surface area (Å²) in [5.41, 5.74) is 1.29. The molecule has 0 saturated heterocycles. The smallest absolute Gasteiger partial charge is 0.332 e. The van der Waals surface area contributed by atoms with Gasteiger partial charge >= 0.3 is 5.69 Å². The zero-order chi connectivity index (χ0) is 25.1. The Bertz CT molecular complexity index is 1430. The third kappa shape index (κ3) is 5.83. The minimum atomic E-state index is -3.37. The molecule has 1 heterocycles. The second-order valence-corrected chi connectivity index (χ2v) is 10.2. The van der Waals surface area contributed by atoms with Crippen LogP contribution in [0.5, 0.6) is 5.75 Å². The monoisotopic (exact) mass is 485 g/mol. The van der Waals surface area contributed by atoms with Crippen molar-refractivity contribution in [2.75, 3.05) is 24.7 Å². The number of hydrogen-bond donors (Lipinski definition) is 3. The number of nitrogens with one attached hydrogen (secondary N) is 2. The molecule has 2 aromatic carbocycles. The van der Waals surface area contributed by atoms with Gasteiger partial charge in [-0.05, 0) is 29.8 Å². The molecule has 0 aliphatic rings. The molecule has 0 aliphatic heterocycles. The minimum Gasteiger partial charge on any atom is -0.496 e. The number of rotatable bonds is 8. The highest BCUT2D eigenvalue weighted by Crippen LogP contribution is 2.37. The van der Waals surface area contributed by atoms with Crippen molar-refractivity contribution in [1.82, 2.24) is 9.55 Å². The highest BCUT2D eigenvalue weighted by Gasteiger charge is 2.26. The average molecular weight is 486 g/mol. The lowest BCUT2D eigenvalue weighted by Crippen LogP contribution is -2.28. The summed E-state index contributed by atoms with van der Waals surface area (Å²) in [5, 5.41) is 9.99. The Morgan fingerprint density at radius 2 is 1.79 bits per heavy atom. The highest BCUT2D eigenvalue weighted by atomic mass is 32.2. The van der Waals surface area contributed by atoms with Crippen molar-refractivity contribution in [2.24, 2.45) is 0 Å². The second-order valence-electron chi connectivity index (χ2n) is 8.47. The van der Waals surface area contributed by atoms with E-state index in [0.29, 0.717) is 28.3 Å². The first-order valence-electron chi connectivity index (χ1n) is 10.4. The predicted octanol–water partition coefficient (Wildman–Crippen LogP) is 2.35. The number of sulfonamides is 1. The third-order valence-electron chi connectivity index (χ3n) is 5.20. The van der Waals surface area contributed by atoms with E-state index in [-0.39, 0.29) is 6.61 Å². The van der Waals surface area contributed by atoms with Crippen molar-refractivity contribution in [3.63, 3.8) is 0 Å². The maximum Gasteiger partial charge on any atom is 0.332 e. The molecular formula is C24H27N3O6S. The van der Waals surface area contributed by atoms with E-state index in [1.807, 2.05) is 19.9 Å². The summed E-state index contributed by atoms with van der Waals surface area (Å²) < 4.78 is 32.2. The van der Waals surface area contributed by atoms with Crippen LogP contribution >= 0.6 is 0 Å². The predicted molar refractivity (Wildman–Crippen MR) is 133 cm³/mol. The van der Waals surface area contributed by atoms with Gasteiger partial charge in [-0.2, -0.15) is 0 Å². The topological polar surface area (TPSA) is 130 Å². The lowest BCUT2D eigenvalue weighted by molar-refractivity contribution is 0.214. The van der Waals surface area contributed by atoms with Gasteiger partial charge in [0, 0.05) is 34.5 Å². The average Bonchev–Trinajstić information content (AvgIpc) is 2.77. The van der Waals surface area contributed by atoms with Crippen LogP contribution in [-0.2, 0) is 15.4 Å². The summed E-state index contributed by atoms with van der Waals surface area (Å²) in [4.78, 5) is 26.2. The molecule has 0 unspecified atom stereocenters. The minimum absolute atomic E-state index is 0.161. The fourth-order valence-corrected chi connectivity index (χ4v) is 3.96. The van der Waals surface area contributed by atoms with Gasteiger partial charge in [0.05, 0.1) is 25.7 Å².